The van der Waals surface area contributed by atoms with Crippen LogP contribution in [0.15, 0.2) is 36.4 Å². The highest BCUT2D eigenvalue weighted by molar-refractivity contribution is 6.31. The molecule has 0 saturated heterocycles. The van der Waals surface area contributed by atoms with E-state index >= 15 is 0 Å². The molecule has 2 N–H and O–H groups in total. The summed E-state index contributed by atoms with van der Waals surface area (Å²) in [7, 11) is 0. The molecule has 1 nitrogen and oxygen atoms in total. The van der Waals surface area contributed by atoms with Gasteiger partial charge >= 0.3 is 0 Å². The highest BCUT2D eigenvalue weighted by Crippen LogP contribution is 2.32. The van der Waals surface area contributed by atoms with E-state index in [1.807, 2.05) is 18.2 Å². The Morgan fingerprint density at radius 2 is 1.86 bits per heavy atom. The lowest BCUT2D eigenvalue weighted by atomic mass is 9.84. The Bertz CT molecular complexity index is 346. The standard InChI is InChI=1S/C12H14ClN/c13-11-7-3-1-5-9(11)10-6-2-4-8-12(10)14/h1-5,7,10,12H,6,8,14H2. The molecule has 0 fully saturated rings. The summed E-state index contributed by atoms with van der Waals surface area (Å²) in [4.78, 5) is 0. The van der Waals surface area contributed by atoms with Gasteiger partial charge in [0.05, 0.1) is 0 Å². The number of benzene rings is 1. The van der Waals surface area contributed by atoms with Gasteiger partial charge in [-0.2, -0.15) is 0 Å². The van der Waals surface area contributed by atoms with E-state index in [0.717, 1.165) is 17.9 Å². The minimum Gasteiger partial charge on any atom is -0.327 e. The Balaban J connectivity index is 2.30. The third-order valence-electron chi connectivity index (χ3n) is 2.79. The number of hydrogen-bond donors (Lipinski definition) is 1. The van der Waals surface area contributed by atoms with E-state index in [0.29, 0.717) is 5.92 Å². The van der Waals surface area contributed by atoms with Gasteiger partial charge in [-0.3, -0.25) is 0 Å². The molecular formula is C12H14ClN. The minimum atomic E-state index is 0.208. The molecule has 14 heavy (non-hydrogen) atoms. The summed E-state index contributed by atoms with van der Waals surface area (Å²) in [5.41, 5.74) is 7.26. The molecule has 0 saturated carbocycles. The maximum absolute atomic E-state index is 6.14. The lowest BCUT2D eigenvalue weighted by Crippen LogP contribution is -2.29. The van der Waals surface area contributed by atoms with Crippen molar-refractivity contribution in [2.45, 2.75) is 24.8 Å². The van der Waals surface area contributed by atoms with E-state index in [1.54, 1.807) is 0 Å². The molecule has 1 aliphatic carbocycles. The fourth-order valence-electron chi connectivity index (χ4n) is 1.97. The monoisotopic (exact) mass is 207 g/mol. The van der Waals surface area contributed by atoms with Crippen molar-refractivity contribution in [1.82, 2.24) is 0 Å². The number of halogens is 1. The SMILES string of the molecule is NC1CC=CCC1c1ccccc1Cl. The van der Waals surface area contributed by atoms with Crippen molar-refractivity contribution >= 4 is 11.6 Å². The lowest BCUT2D eigenvalue weighted by molar-refractivity contribution is 0.521. The first-order valence-electron chi connectivity index (χ1n) is 4.94. The molecule has 0 radical (unpaired) electrons. The lowest BCUT2D eigenvalue weighted by Gasteiger charge is -2.26. The Morgan fingerprint density at radius 1 is 1.14 bits per heavy atom. The third kappa shape index (κ3) is 1.84. The average molecular weight is 208 g/mol. The minimum absolute atomic E-state index is 0.208. The molecular weight excluding hydrogens is 194 g/mol. The maximum Gasteiger partial charge on any atom is 0.0441 e. The Hall–Kier alpha value is -0.790. The normalized spacial score (nSPS) is 26.4. The van der Waals surface area contributed by atoms with Gasteiger partial charge in [0.1, 0.15) is 0 Å². The zero-order valence-electron chi connectivity index (χ0n) is 7.99. The molecule has 0 spiro atoms. The third-order valence-corrected chi connectivity index (χ3v) is 3.13. The zero-order valence-corrected chi connectivity index (χ0v) is 8.74. The first-order chi connectivity index (χ1) is 6.79. The summed E-state index contributed by atoms with van der Waals surface area (Å²) in [5, 5.41) is 0.836. The molecule has 2 unspecified atom stereocenters. The molecule has 1 aromatic carbocycles. The van der Waals surface area contributed by atoms with Crippen LogP contribution in [0, 0.1) is 0 Å². The van der Waals surface area contributed by atoms with Crippen molar-refractivity contribution in [1.29, 1.82) is 0 Å². The largest absolute Gasteiger partial charge is 0.327 e. The van der Waals surface area contributed by atoms with Crippen LogP contribution < -0.4 is 5.73 Å². The fourth-order valence-corrected chi connectivity index (χ4v) is 2.24. The smallest absolute Gasteiger partial charge is 0.0441 e. The number of rotatable bonds is 1. The van der Waals surface area contributed by atoms with Gasteiger partial charge < -0.3 is 5.73 Å². The summed E-state index contributed by atoms with van der Waals surface area (Å²) < 4.78 is 0. The van der Waals surface area contributed by atoms with E-state index in [9.17, 15) is 0 Å². The van der Waals surface area contributed by atoms with Crippen LogP contribution in [0.3, 0.4) is 0 Å². The molecule has 2 atom stereocenters. The van der Waals surface area contributed by atoms with Gasteiger partial charge in [-0.05, 0) is 24.5 Å². The van der Waals surface area contributed by atoms with Gasteiger partial charge in [-0.15, -0.1) is 0 Å². The maximum atomic E-state index is 6.14. The molecule has 0 aliphatic heterocycles. The molecule has 1 aromatic rings. The number of hydrogen-bond acceptors (Lipinski definition) is 1. The van der Waals surface area contributed by atoms with Gasteiger partial charge in [0.25, 0.3) is 0 Å². The molecule has 0 amide bonds. The molecule has 2 heteroatoms. The number of allylic oxidation sites excluding steroid dienone is 1. The van der Waals surface area contributed by atoms with Crippen LogP contribution in [0.4, 0.5) is 0 Å². The van der Waals surface area contributed by atoms with Crippen LogP contribution in [-0.4, -0.2) is 6.04 Å². The van der Waals surface area contributed by atoms with Gasteiger partial charge in [0, 0.05) is 17.0 Å². The van der Waals surface area contributed by atoms with Crippen LogP contribution in [0.1, 0.15) is 24.3 Å². The van der Waals surface area contributed by atoms with Gasteiger partial charge in [0.2, 0.25) is 0 Å². The first kappa shape index (κ1) is 9.75. The van der Waals surface area contributed by atoms with E-state index in [-0.39, 0.29) is 6.04 Å². The van der Waals surface area contributed by atoms with Crippen LogP contribution in [0.25, 0.3) is 0 Å². The Labute approximate surface area is 89.6 Å². The van der Waals surface area contributed by atoms with E-state index in [4.69, 9.17) is 17.3 Å². The van der Waals surface area contributed by atoms with Crippen LogP contribution >= 0.6 is 11.6 Å². The molecule has 0 aromatic heterocycles. The first-order valence-corrected chi connectivity index (χ1v) is 5.32. The molecule has 2 rings (SSSR count). The van der Waals surface area contributed by atoms with E-state index in [2.05, 4.69) is 18.2 Å². The van der Waals surface area contributed by atoms with E-state index < -0.39 is 0 Å². The van der Waals surface area contributed by atoms with Crippen LogP contribution in [0.5, 0.6) is 0 Å². The summed E-state index contributed by atoms with van der Waals surface area (Å²) >= 11 is 6.14. The second kappa shape index (κ2) is 4.16. The topological polar surface area (TPSA) is 26.0 Å². The predicted octanol–water partition coefficient (Wildman–Crippen LogP) is 3.10. The molecule has 1 aliphatic rings. The highest BCUT2D eigenvalue weighted by Gasteiger charge is 2.21. The second-order valence-corrected chi connectivity index (χ2v) is 4.14. The van der Waals surface area contributed by atoms with Crippen molar-refractivity contribution in [3.05, 3.63) is 47.0 Å². The second-order valence-electron chi connectivity index (χ2n) is 3.73. The van der Waals surface area contributed by atoms with Gasteiger partial charge in [-0.1, -0.05) is 42.0 Å². The van der Waals surface area contributed by atoms with Crippen molar-refractivity contribution < 1.29 is 0 Å². The Morgan fingerprint density at radius 3 is 2.57 bits per heavy atom. The van der Waals surface area contributed by atoms with Crippen molar-refractivity contribution in [3.8, 4) is 0 Å². The summed E-state index contributed by atoms with van der Waals surface area (Å²) in [6, 6.07) is 8.19. The van der Waals surface area contributed by atoms with Gasteiger partial charge in [0.15, 0.2) is 0 Å². The van der Waals surface area contributed by atoms with E-state index in [1.165, 1.54) is 5.56 Å². The molecule has 0 heterocycles. The van der Waals surface area contributed by atoms with Crippen molar-refractivity contribution in [2.75, 3.05) is 0 Å². The highest BCUT2D eigenvalue weighted by atomic mass is 35.5. The summed E-state index contributed by atoms with van der Waals surface area (Å²) in [5.74, 6) is 0.383. The Kier molecular flexibility index (Phi) is 2.90. The van der Waals surface area contributed by atoms with Crippen molar-refractivity contribution in [3.63, 3.8) is 0 Å². The van der Waals surface area contributed by atoms with Crippen LogP contribution in [-0.2, 0) is 0 Å². The zero-order chi connectivity index (χ0) is 9.97. The molecule has 0 bridgehead atoms. The fraction of sp³-hybridized carbons (Fsp3) is 0.333. The average Bonchev–Trinajstić information content (AvgIpc) is 2.20. The van der Waals surface area contributed by atoms with Gasteiger partial charge in [-0.25, -0.2) is 0 Å². The number of nitrogens with two attached hydrogens (primary N) is 1. The van der Waals surface area contributed by atoms with Crippen molar-refractivity contribution in [2.24, 2.45) is 5.73 Å². The predicted molar refractivity (Wildman–Crippen MR) is 60.5 cm³/mol. The van der Waals surface area contributed by atoms with Crippen LogP contribution in [0.2, 0.25) is 5.02 Å². The molecule has 74 valence electrons. The quantitative estimate of drug-likeness (QED) is 0.704. The summed E-state index contributed by atoms with van der Waals surface area (Å²) in [6.45, 7) is 0. The summed E-state index contributed by atoms with van der Waals surface area (Å²) in [6.07, 6.45) is 6.30.